The molecule has 17 heavy (non-hydrogen) atoms. The highest BCUT2D eigenvalue weighted by Gasteiger charge is 2.34. The molecule has 0 N–H and O–H groups in total. The average Bonchev–Trinajstić information content (AvgIpc) is 2.39. The maximum Gasteiger partial charge on any atom is 0.0655 e. The van der Waals surface area contributed by atoms with Gasteiger partial charge in [-0.25, -0.2) is 0 Å². The molecule has 2 saturated carbocycles. The molecule has 2 aliphatic rings. The first-order chi connectivity index (χ1) is 8.24. The monoisotopic (exact) mass is 233 g/mol. The SMILES string of the molecule is CC[C@H]1CCC(C2CCC(C#N)CC2)[C@H](C)C1. The number of rotatable bonds is 2. The van der Waals surface area contributed by atoms with Gasteiger partial charge in [0.05, 0.1) is 6.07 Å². The second-order valence-electron chi connectivity index (χ2n) is 6.47. The summed E-state index contributed by atoms with van der Waals surface area (Å²) in [6.07, 6.45) is 10.7. The van der Waals surface area contributed by atoms with Crippen LogP contribution in [0.5, 0.6) is 0 Å². The molecule has 3 atom stereocenters. The van der Waals surface area contributed by atoms with Crippen LogP contribution in [-0.2, 0) is 0 Å². The van der Waals surface area contributed by atoms with Crippen molar-refractivity contribution < 1.29 is 0 Å². The van der Waals surface area contributed by atoms with Crippen LogP contribution in [0.15, 0.2) is 0 Å². The Morgan fingerprint density at radius 3 is 2.29 bits per heavy atom. The van der Waals surface area contributed by atoms with Crippen molar-refractivity contribution in [2.45, 2.75) is 65.2 Å². The fourth-order valence-electron chi connectivity index (χ4n) is 4.28. The molecule has 0 spiro atoms. The molecule has 2 aliphatic carbocycles. The normalized spacial score (nSPS) is 43.0. The molecule has 0 amide bonds. The second kappa shape index (κ2) is 5.89. The third-order valence-corrected chi connectivity index (χ3v) is 5.48. The molecule has 96 valence electrons. The molecule has 0 heterocycles. The van der Waals surface area contributed by atoms with E-state index in [9.17, 15) is 0 Å². The van der Waals surface area contributed by atoms with Crippen LogP contribution < -0.4 is 0 Å². The third kappa shape index (κ3) is 3.03. The summed E-state index contributed by atoms with van der Waals surface area (Å²) in [7, 11) is 0. The van der Waals surface area contributed by atoms with Crippen molar-refractivity contribution in [2.24, 2.45) is 29.6 Å². The lowest BCUT2D eigenvalue weighted by Gasteiger charge is -2.40. The van der Waals surface area contributed by atoms with Crippen LogP contribution >= 0.6 is 0 Å². The van der Waals surface area contributed by atoms with Gasteiger partial charge in [0.15, 0.2) is 0 Å². The summed E-state index contributed by atoms with van der Waals surface area (Å²) in [5.74, 6) is 4.20. The van der Waals surface area contributed by atoms with Gasteiger partial charge in [0.1, 0.15) is 0 Å². The molecule has 0 aromatic heterocycles. The zero-order valence-electron chi connectivity index (χ0n) is 11.5. The van der Waals surface area contributed by atoms with E-state index in [2.05, 4.69) is 19.9 Å². The Labute approximate surface area is 107 Å². The van der Waals surface area contributed by atoms with Gasteiger partial charge < -0.3 is 0 Å². The van der Waals surface area contributed by atoms with Crippen molar-refractivity contribution in [1.29, 1.82) is 5.26 Å². The molecule has 0 saturated heterocycles. The Bertz CT molecular complexity index is 270. The number of nitriles is 1. The number of hydrogen-bond donors (Lipinski definition) is 0. The summed E-state index contributed by atoms with van der Waals surface area (Å²) in [4.78, 5) is 0. The second-order valence-corrected chi connectivity index (χ2v) is 6.47. The minimum absolute atomic E-state index is 0.369. The average molecular weight is 233 g/mol. The highest BCUT2D eigenvalue weighted by molar-refractivity contribution is 4.90. The van der Waals surface area contributed by atoms with Gasteiger partial charge in [-0.3, -0.25) is 0 Å². The first kappa shape index (κ1) is 12.9. The van der Waals surface area contributed by atoms with Crippen molar-refractivity contribution in [3.63, 3.8) is 0 Å². The Kier molecular flexibility index (Phi) is 4.48. The Hall–Kier alpha value is -0.510. The summed E-state index contributed by atoms with van der Waals surface area (Å²) in [5, 5.41) is 8.96. The highest BCUT2D eigenvalue weighted by atomic mass is 14.4. The zero-order valence-corrected chi connectivity index (χ0v) is 11.5. The van der Waals surface area contributed by atoms with Crippen LogP contribution in [0.2, 0.25) is 0 Å². The van der Waals surface area contributed by atoms with Gasteiger partial charge in [-0.15, -0.1) is 0 Å². The largest absolute Gasteiger partial charge is 0.198 e. The Morgan fingerprint density at radius 2 is 1.76 bits per heavy atom. The van der Waals surface area contributed by atoms with Crippen LogP contribution in [0.4, 0.5) is 0 Å². The van der Waals surface area contributed by atoms with E-state index in [1.54, 1.807) is 0 Å². The number of nitrogens with zero attached hydrogens (tertiary/aromatic N) is 1. The summed E-state index contributed by atoms with van der Waals surface area (Å²) in [6, 6.07) is 2.45. The molecule has 2 rings (SSSR count). The molecular formula is C16H27N. The maximum absolute atomic E-state index is 8.96. The van der Waals surface area contributed by atoms with Crippen LogP contribution in [-0.4, -0.2) is 0 Å². The number of hydrogen-bond acceptors (Lipinski definition) is 1. The lowest BCUT2D eigenvalue weighted by molar-refractivity contribution is 0.102. The van der Waals surface area contributed by atoms with Crippen molar-refractivity contribution in [3.05, 3.63) is 0 Å². The Balaban J connectivity index is 1.85. The van der Waals surface area contributed by atoms with E-state index in [1.165, 1.54) is 51.4 Å². The molecule has 0 aromatic carbocycles. The first-order valence-corrected chi connectivity index (χ1v) is 7.64. The third-order valence-electron chi connectivity index (χ3n) is 5.48. The molecular weight excluding hydrogens is 206 g/mol. The fraction of sp³-hybridized carbons (Fsp3) is 0.938. The van der Waals surface area contributed by atoms with E-state index >= 15 is 0 Å². The molecule has 0 radical (unpaired) electrons. The van der Waals surface area contributed by atoms with Gasteiger partial charge in [0.25, 0.3) is 0 Å². The van der Waals surface area contributed by atoms with Gasteiger partial charge >= 0.3 is 0 Å². The van der Waals surface area contributed by atoms with E-state index in [0.29, 0.717) is 5.92 Å². The first-order valence-electron chi connectivity index (χ1n) is 7.64. The van der Waals surface area contributed by atoms with Gasteiger partial charge in [-0.1, -0.05) is 26.7 Å². The fourth-order valence-corrected chi connectivity index (χ4v) is 4.28. The van der Waals surface area contributed by atoms with E-state index < -0.39 is 0 Å². The molecule has 0 aromatic rings. The molecule has 0 aliphatic heterocycles. The molecule has 1 heteroatoms. The summed E-state index contributed by atoms with van der Waals surface area (Å²) < 4.78 is 0. The lowest BCUT2D eigenvalue weighted by Crippen LogP contribution is -2.31. The Morgan fingerprint density at radius 1 is 1.06 bits per heavy atom. The smallest absolute Gasteiger partial charge is 0.0655 e. The van der Waals surface area contributed by atoms with Gasteiger partial charge in [0, 0.05) is 5.92 Å². The van der Waals surface area contributed by atoms with Crippen LogP contribution in [0.1, 0.15) is 65.2 Å². The lowest BCUT2D eigenvalue weighted by atomic mass is 9.65. The standard InChI is InChI=1S/C16H27N/c1-3-13-6-9-16(12(2)10-13)15-7-4-14(11-17)5-8-15/h12-16H,3-10H2,1-2H3/t12-,13+,14?,15?,16?/m1/s1. The summed E-state index contributed by atoms with van der Waals surface area (Å²) >= 11 is 0. The highest BCUT2D eigenvalue weighted by Crippen LogP contribution is 2.44. The summed E-state index contributed by atoms with van der Waals surface area (Å²) in [6.45, 7) is 4.82. The topological polar surface area (TPSA) is 23.8 Å². The predicted molar refractivity (Wildman–Crippen MR) is 71.3 cm³/mol. The molecule has 2 fully saturated rings. The van der Waals surface area contributed by atoms with Crippen LogP contribution in [0, 0.1) is 40.9 Å². The quantitative estimate of drug-likeness (QED) is 0.673. The van der Waals surface area contributed by atoms with E-state index in [4.69, 9.17) is 5.26 Å². The van der Waals surface area contributed by atoms with Gasteiger partial charge in [0.2, 0.25) is 0 Å². The van der Waals surface area contributed by atoms with Gasteiger partial charge in [-0.2, -0.15) is 5.26 Å². The predicted octanol–water partition coefficient (Wildman–Crippen LogP) is 4.78. The van der Waals surface area contributed by atoms with E-state index in [1.807, 2.05) is 0 Å². The zero-order chi connectivity index (χ0) is 12.3. The molecule has 0 bridgehead atoms. The minimum atomic E-state index is 0.369. The van der Waals surface area contributed by atoms with Crippen LogP contribution in [0.3, 0.4) is 0 Å². The summed E-state index contributed by atoms with van der Waals surface area (Å²) in [5.41, 5.74) is 0. The van der Waals surface area contributed by atoms with Crippen molar-refractivity contribution >= 4 is 0 Å². The minimum Gasteiger partial charge on any atom is -0.198 e. The van der Waals surface area contributed by atoms with Crippen molar-refractivity contribution in [1.82, 2.24) is 0 Å². The molecule has 1 nitrogen and oxygen atoms in total. The molecule has 1 unspecified atom stereocenters. The maximum atomic E-state index is 8.96. The van der Waals surface area contributed by atoms with E-state index in [-0.39, 0.29) is 0 Å². The van der Waals surface area contributed by atoms with Crippen molar-refractivity contribution in [2.75, 3.05) is 0 Å². The van der Waals surface area contributed by atoms with Crippen LogP contribution in [0.25, 0.3) is 0 Å². The van der Waals surface area contributed by atoms with Crippen molar-refractivity contribution in [3.8, 4) is 6.07 Å². The van der Waals surface area contributed by atoms with E-state index in [0.717, 1.165) is 23.7 Å². The van der Waals surface area contributed by atoms with Gasteiger partial charge in [-0.05, 0) is 62.2 Å².